The number of carbonyl (C=O) groups is 1. The molecule has 53 heavy (non-hydrogen) atoms. The van der Waals surface area contributed by atoms with E-state index in [0.717, 1.165) is 81.8 Å². The maximum Gasteiger partial charge on any atom is 0.223 e. The van der Waals surface area contributed by atoms with Crippen LogP contribution in [0.25, 0.3) is 55.1 Å². The van der Waals surface area contributed by atoms with Gasteiger partial charge in [0.2, 0.25) is 5.71 Å². The average molecular weight is 894 g/mol. The number of furan rings is 2. The van der Waals surface area contributed by atoms with Crippen molar-refractivity contribution in [2.45, 2.75) is 121 Å². The molecular formula is C46H57IrN2O4-. The van der Waals surface area contributed by atoms with Gasteiger partial charge in [-0.3, -0.25) is 9.78 Å². The Kier molecular flexibility index (Phi) is 12.9. The first-order valence-electron chi connectivity index (χ1n) is 19.0. The molecule has 3 aromatic carbocycles. The van der Waals surface area contributed by atoms with Crippen LogP contribution in [-0.2, 0) is 36.7 Å². The zero-order valence-corrected chi connectivity index (χ0v) is 36.1. The number of aliphatic hydroxyl groups excluding tert-OH is 1. The Balaban J connectivity index is 0.000000299. The number of hydrogen-bond donors (Lipinski definition) is 1. The number of ketones is 1. The van der Waals surface area contributed by atoms with Gasteiger partial charge in [-0.2, -0.15) is 0 Å². The van der Waals surface area contributed by atoms with Gasteiger partial charge in [-0.25, -0.2) is 4.98 Å². The van der Waals surface area contributed by atoms with Gasteiger partial charge in [-0.1, -0.05) is 105 Å². The number of aryl methyl sites for hydroxylation is 1. The van der Waals surface area contributed by atoms with Crippen molar-refractivity contribution in [3.05, 3.63) is 83.6 Å². The molecule has 0 atom stereocenters. The number of aliphatic hydroxyl groups is 1. The molecule has 0 spiro atoms. The molecule has 7 heteroatoms. The van der Waals surface area contributed by atoms with E-state index in [2.05, 4.69) is 88.1 Å². The van der Waals surface area contributed by atoms with Crippen molar-refractivity contribution in [1.29, 1.82) is 0 Å². The minimum absolute atomic E-state index is 0. The summed E-state index contributed by atoms with van der Waals surface area (Å²) in [5, 5.41) is 15.4. The van der Waals surface area contributed by atoms with E-state index in [1.54, 1.807) is 6.33 Å². The van der Waals surface area contributed by atoms with Crippen LogP contribution in [0.1, 0.15) is 119 Å². The molecule has 0 saturated heterocycles. The van der Waals surface area contributed by atoms with Gasteiger partial charge in [0.25, 0.3) is 0 Å². The Morgan fingerprint density at radius 1 is 0.849 bits per heavy atom. The van der Waals surface area contributed by atoms with E-state index in [9.17, 15) is 9.90 Å². The fraction of sp³-hybridized carbons (Fsp3) is 0.457. The fourth-order valence-corrected chi connectivity index (χ4v) is 6.90. The number of aromatic nitrogens is 2. The van der Waals surface area contributed by atoms with E-state index < -0.39 is 0 Å². The number of allylic oxidation sites excluding steroid dienone is 2. The van der Waals surface area contributed by atoms with Crippen LogP contribution in [0, 0.1) is 29.7 Å². The summed E-state index contributed by atoms with van der Waals surface area (Å²) in [6.07, 6.45) is 7.31. The first-order valence-corrected chi connectivity index (χ1v) is 19.0. The van der Waals surface area contributed by atoms with Gasteiger partial charge < -0.3 is 13.9 Å². The second kappa shape index (κ2) is 16.3. The molecule has 3 heterocycles. The summed E-state index contributed by atoms with van der Waals surface area (Å²) in [6.45, 7) is 25.3. The van der Waals surface area contributed by atoms with Crippen LogP contribution < -0.4 is 0 Å². The van der Waals surface area contributed by atoms with Crippen molar-refractivity contribution in [2.75, 3.05) is 0 Å². The maximum atomic E-state index is 12.2. The average Bonchev–Trinajstić information content (AvgIpc) is 3.64. The normalized spacial score (nSPS) is 12.8. The van der Waals surface area contributed by atoms with Crippen LogP contribution in [0.5, 0.6) is 0 Å². The van der Waals surface area contributed by atoms with Crippen molar-refractivity contribution < 1.29 is 38.8 Å². The molecule has 1 N–H and O–H groups in total. The van der Waals surface area contributed by atoms with Crippen molar-refractivity contribution >= 4 is 49.6 Å². The molecule has 0 saturated carbocycles. The summed E-state index contributed by atoms with van der Waals surface area (Å²) in [4.78, 5) is 21.4. The van der Waals surface area contributed by atoms with E-state index in [-0.39, 0.29) is 47.9 Å². The molecule has 0 aliphatic rings. The van der Waals surface area contributed by atoms with Crippen LogP contribution >= 0.6 is 0 Å². The molecule has 3 aromatic heterocycles. The topological polar surface area (TPSA) is 89.4 Å². The molecule has 6 aromatic rings. The second-order valence-corrected chi connectivity index (χ2v) is 16.4. The minimum Gasteiger partial charge on any atom is -0.512 e. The quantitative estimate of drug-likeness (QED) is 0.0837. The zero-order valence-electron chi connectivity index (χ0n) is 33.7. The van der Waals surface area contributed by atoms with Gasteiger partial charge in [-0.05, 0) is 62.5 Å². The van der Waals surface area contributed by atoms with Gasteiger partial charge >= 0.3 is 0 Å². The SMILES string of the molecule is CCC(C)(CC)C(=O)/C=C(\O)C(C)(CC)CC.Cc1oc2cc3c(cc2c1CC(C)C)oc1ncnc(-c2[c-]c4ccccc4c(C(C)(C)C)c2)c13.[Ir]. The van der Waals surface area contributed by atoms with Crippen LogP contribution in [-0.4, -0.2) is 20.9 Å². The number of benzene rings is 3. The van der Waals surface area contributed by atoms with E-state index in [1.165, 1.54) is 22.6 Å². The first kappa shape index (κ1) is 41.9. The monoisotopic (exact) mass is 894 g/mol. The van der Waals surface area contributed by atoms with Gasteiger partial charge in [0.1, 0.15) is 29.0 Å². The Labute approximate surface area is 329 Å². The van der Waals surface area contributed by atoms with Gasteiger partial charge in [0.05, 0.1) is 0 Å². The van der Waals surface area contributed by atoms with Crippen molar-refractivity contribution in [3.63, 3.8) is 0 Å². The predicted molar refractivity (Wildman–Crippen MR) is 216 cm³/mol. The molecule has 0 fully saturated rings. The Bertz CT molecular complexity index is 2260. The largest absolute Gasteiger partial charge is 0.512 e. The Morgan fingerprint density at radius 2 is 1.45 bits per heavy atom. The second-order valence-electron chi connectivity index (χ2n) is 16.4. The van der Waals surface area contributed by atoms with Crippen molar-refractivity contribution in [3.8, 4) is 11.3 Å². The fourth-order valence-electron chi connectivity index (χ4n) is 6.90. The Morgan fingerprint density at radius 3 is 2.06 bits per heavy atom. The van der Waals surface area contributed by atoms with Crippen LogP contribution in [0.4, 0.5) is 0 Å². The number of carbonyl (C=O) groups excluding carboxylic acids is 1. The van der Waals surface area contributed by atoms with E-state index >= 15 is 0 Å². The van der Waals surface area contributed by atoms with Crippen LogP contribution in [0.3, 0.4) is 0 Å². The molecule has 0 unspecified atom stereocenters. The smallest absolute Gasteiger partial charge is 0.223 e. The molecule has 0 amide bonds. The molecule has 0 bridgehead atoms. The van der Waals surface area contributed by atoms with Gasteiger partial charge in [-0.15, -0.1) is 29.1 Å². The van der Waals surface area contributed by atoms with E-state index in [4.69, 9.17) is 13.8 Å². The predicted octanol–water partition coefficient (Wildman–Crippen LogP) is 13.2. The molecule has 6 rings (SSSR count). The molecule has 6 nitrogen and oxygen atoms in total. The summed E-state index contributed by atoms with van der Waals surface area (Å²) in [6, 6.07) is 18.5. The molecule has 0 aliphatic heterocycles. The summed E-state index contributed by atoms with van der Waals surface area (Å²) in [7, 11) is 0. The minimum atomic E-state index is -0.337. The third-order valence-electron chi connectivity index (χ3n) is 11.4. The summed E-state index contributed by atoms with van der Waals surface area (Å²) >= 11 is 0. The van der Waals surface area contributed by atoms with Gasteiger partial charge in [0.15, 0.2) is 5.78 Å². The number of hydrogen-bond acceptors (Lipinski definition) is 6. The summed E-state index contributed by atoms with van der Waals surface area (Å²) < 4.78 is 12.5. The first-order chi connectivity index (χ1) is 24.5. The molecule has 1 radical (unpaired) electrons. The third-order valence-corrected chi connectivity index (χ3v) is 11.4. The number of nitrogens with zero attached hydrogens (tertiary/aromatic N) is 2. The van der Waals surface area contributed by atoms with Crippen molar-refractivity contribution in [1.82, 2.24) is 9.97 Å². The van der Waals surface area contributed by atoms with E-state index in [0.29, 0.717) is 11.6 Å². The number of rotatable bonds is 10. The molecule has 0 aliphatic carbocycles. The molecular weight excluding hydrogens is 837 g/mol. The van der Waals surface area contributed by atoms with E-state index in [1.807, 2.05) is 48.5 Å². The molecule has 285 valence electrons. The number of fused-ring (bicyclic) bond motifs is 5. The standard InChI is InChI=1S/C31H29N2O2.C15H28O2.Ir/c1-17(2)11-22-18(3)34-26-15-24-27(14-23(22)26)35-30-28(24)29(32-16-33-30)20-12-19-9-7-8-10-21(19)25(13-20)31(4,5)6;1-7-14(5,8-2)12(16)11-13(17)15(6,9-3)10-4;/h7-10,13-17H,11H2,1-6H3;11,16H,7-10H2,1-6H3;/q-1;;/b;12-11-;. The zero-order chi connectivity index (χ0) is 38.2. The maximum absolute atomic E-state index is 12.2. The van der Waals surface area contributed by atoms with Crippen LogP contribution in [0.15, 0.2) is 69.5 Å². The third kappa shape index (κ3) is 8.32. The summed E-state index contributed by atoms with van der Waals surface area (Å²) in [5.41, 5.74) is 5.92. The Hall–Kier alpha value is -3.80. The van der Waals surface area contributed by atoms with Gasteiger partial charge in [0, 0.05) is 64.4 Å². The van der Waals surface area contributed by atoms with Crippen molar-refractivity contribution in [2.24, 2.45) is 16.7 Å². The van der Waals surface area contributed by atoms with Crippen LogP contribution in [0.2, 0.25) is 0 Å². The summed E-state index contributed by atoms with van der Waals surface area (Å²) in [5.74, 6) is 1.80.